The number of nitrogens with zero attached hydrogens (tertiary/aromatic N) is 3. The molecule has 0 spiro atoms. The summed E-state index contributed by atoms with van der Waals surface area (Å²) in [6, 6.07) is 50.5. The maximum Gasteiger partial charge on any atom is 0.164 e. The Labute approximate surface area is 319 Å². The van der Waals surface area contributed by atoms with Crippen molar-refractivity contribution in [2.24, 2.45) is 0 Å². The summed E-state index contributed by atoms with van der Waals surface area (Å²) >= 11 is 0. The molecule has 4 nitrogen and oxygen atoms in total. The molecule has 0 saturated heterocycles. The Morgan fingerprint density at radius 3 is 1.37 bits per heavy atom. The molecular weight excluding hydrogens is 653 g/mol. The lowest BCUT2D eigenvalue weighted by molar-refractivity contribution is 0.669. The summed E-state index contributed by atoms with van der Waals surface area (Å²) in [5, 5.41) is 2.01. The average Bonchev–Trinajstić information content (AvgIpc) is 3.61. The van der Waals surface area contributed by atoms with Gasteiger partial charge < -0.3 is 4.42 Å². The summed E-state index contributed by atoms with van der Waals surface area (Å²) in [5.74, 6) is 1.87. The van der Waals surface area contributed by atoms with Gasteiger partial charge in [0.1, 0.15) is 50.4 Å². The Morgan fingerprint density at radius 2 is 0.815 bits per heavy atom. The Hall–Kier alpha value is -6.33. The van der Waals surface area contributed by atoms with E-state index in [0.29, 0.717) is 17.5 Å². The van der Waals surface area contributed by atoms with E-state index in [9.17, 15) is 0 Å². The number of benzene rings is 7. The molecule has 54 heavy (non-hydrogen) atoms. The van der Waals surface area contributed by atoms with Gasteiger partial charge in [0.05, 0.1) is 0 Å². The van der Waals surface area contributed by atoms with E-state index in [1.165, 1.54) is 49.6 Å². The zero-order valence-electron chi connectivity index (χ0n) is 31.1. The molecule has 7 aromatic carbocycles. The summed E-state index contributed by atoms with van der Waals surface area (Å²) < 4.78 is 6.42. The summed E-state index contributed by atoms with van der Waals surface area (Å²) in [7, 11) is 11.2. The molecule has 0 radical (unpaired) electrons. The van der Waals surface area contributed by atoms with E-state index < -0.39 is 0 Å². The molecule has 2 heterocycles. The molecule has 0 saturated carbocycles. The molecule has 0 unspecified atom stereocenters. The van der Waals surface area contributed by atoms with E-state index in [4.69, 9.17) is 19.4 Å². The topological polar surface area (TPSA) is 51.8 Å². The minimum Gasteiger partial charge on any atom is -0.456 e. The second-order valence-corrected chi connectivity index (χ2v) is 14.2. The van der Waals surface area contributed by atoms with Crippen LogP contribution < -0.4 is 27.3 Å². The highest BCUT2D eigenvalue weighted by Gasteiger charge is 2.19. The molecule has 0 fully saturated rings. The molecule has 0 N–H and O–H groups in total. The van der Waals surface area contributed by atoms with Crippen LogP contribution in [-0.4, -0.2) is 54.2 Å². The standard InChI is InChI=1S/C45H34B5N3O/c46-38-36(39(47)41(49)42(50)40(38)48)28-20-18-26(19-21-28)25-14-16-27(17-15-25)31-22-23-34-33(24-31)37-32(12-7-13-35(37)54-34)45-52-43(29-8-3-1-4-9-29)51-44(53-45)30-10-5-2-6-11-30/h1-24H,46-50H2. The predicted octanol–water partition coefficient (Wildman–Crippen LogP) is 3.07. The van der Waals surface area contributed by atoms with Crippen molar-refractivity contribution < 1.29 is 4.42 Å². The summed E-state index contributed by atoms with van der Waals surface area (Å²) in [6.45, 7) is 0. The van der Waals surface area contributed by atoms with Gasteiger partial charge >= 0.3 is 0 Å². The zero-order chi connectivity index (χ0) is 36.9. The van der Waals surface area contributed by atoms with Gasteiger partial charge in [-0.3, -0.25) is 0 Å². The number of aromatic nitrogens is 3. The molecule has 0 bridgehead atoms. The lowest BCUT2D eigenvalue weighted by atomic mass is 9.59. The highest BCUT2D eigenvalue weighted by Crippen LogP contribution is 2.38. The van der Waals surface area contributed by atoms with Crippen molar-refractivity contribution in [3.63, 3.8) is 0 Å². The lowest BCUT2D eigenvalue weighted by Crippen LogP contribution is -2.55. The highest BCUT2D eigenvalue weighted by atomic mass is 16.3. The van der Waals surface area contributed by atoms with Crippen molar-refractivity contribution in [2.45, 2.75) is 0 Å². The Bertz CT molecular complexity index is 2770. The number of fused-ring (bicyclic) bond motifs is 3. The summed E-state index contributed by atoms with van der Waals surface area (Å²) in [5.41, 5.74) is 18.5. The highest BCUT2D eigenvalue weighted by molar-refractivity contribution is 6.68. The fourth-order valence-corrected chi connectivity index (χ4v) is 7.74. The Morgan fingerprint density at radius 1 is 0.352 bits per heavy atom. The molecule has 0 aliphatic heterocycles. The number of rotatable bonds is 6. The molecule has 0 amide bonds. The van der Waals surface area contributed by atoms with Crippen LogP contribution in [0.1, 0.15) is 0 Å². The maximum atomic E-state index is 6.42. The van der Waals surface area contributed by atoms with Crippen molar-refractivity contribution in [1.82, 2.24) is 15.0 Å². The van der Waals surface area contributed by atoms with Crippen LogP contribution in [0.3, 0.4) is 0 Å². The first-order valence-electron chi connectivity index (χ1n) is 18.4. The normalized spacial score (nSPS) is 11.3. The van der Waals surface area contributed by atoms with Crippen LogP contribution in [0.2, 0.25) is 0 Å². The van der Waals surface area contributed by atoms with Gasteiger partial charge in [-0.2, -0.15) is 0 Å². The van der Waals surface area contributed by atoms with Gasteiger partial charge in [-0.15, -0.1) is 16.4 Å². The number of hydrogen-bond acceptors (Lipinski definition) is 4. The second-order valence-electron chi connectivity index (χ2n) is 14.2. The molecule has 0 atom stereocenters. The molecular formula is C45H34B5N3O. The minimum absolute atomic E-state index is 0.606. The maximum absolute atomic E-state index is 6.42. The fraction of sp³-hybridized carbons (Fsp3) is 0. The van der Waals surface area contributed by atoms with Gasteiger partial charge in [0.2, 0.25) is 0 Å². The van der Waals surface area contributed by atoms with Crippen LogP contribution in [0.25, 0.3) is 89.5 Å². The number of furan rings is 1. The van der Waals surface area contributed by atoms with Crippen LogP contribution in [0, 0.1) is 0 Å². The van der Waals surface area contributed by atoms with E-state index in [1.54, 1.807) is 0 Å². The summed E-state index contributed by atoms with van der Waals surface area (Å²) in [4.78, 5) is 15.0. The quantitative estimate of drug-likeness (QED) is 0.253. The first-order valence-corrected chi connectivity index (χ1v) is 18.4. The third kappa shape index (κ3) is 5.86. The summed E-state index contributed by atoms with van der Waals surface area (Å²) in [6.07, 6.45) is 0. The van der Waals surface area contributed by atoms with Gasteiger partial charge in [-0.05, 0) is 51.6 Å². The third-order valence-corrected chi connectivity index (χ3v) is 11.2. The first kappa shape index (κ1) is 33.5. The Balaban J connectivity index is 1.09. The van der Waals surface area contributed by atoms with Gasteiger partial charge in [0, 0.05) is 27.5 Å². The van der Waals surface area contributed by atoms with Crippen molar-refractivity contribution in [3.8, 4) is 67.5 Å². The monoisotopic (exact) mass is 687 g/mol. The van der Waals surface area contributed by atoms with Crippen molar-refractivity contribution in [2.75, 3.05) is 0 Å². The van der Waals surface area contributed by atoms with Crippen LogP contribution in [0.4, 0.5) is 0 Å². The number of hydrogen-bond donors (Lipinski definition) is 0. The minimum atomic E-state index is 0.606. The zero-order valence-corrected chi connectivity index (χ0v) is 31.1. The van der Waals surface area contributed by atoms with Crippen LogP contribution in [-0.2, 0) is 0 Å². The fourth-order valence-electron chi connectivity index (χ4n) is 7.74. The van der Waals surface area contributed by atoms with Gasteiger partial charge in [-0.25, -0.2) is 15.0 Å². The van der Waals surface area contributed by atoms with Gasteiger partial charge in [0.25, 0.3) is 0 Å². The van der Waals surface area contributed by atoms with Crippen LogP contribution in [0.5, 0.6) is 0 Å². The largest absolute Gasteiger partial charge is 0.456 e. The molecule has 9 heteroatoms. The van der Waals surface area contributed by atoms with E-state index in [0.717, 1.165) is 49.8 Å². The van der Waals surface area contributed by atoms with E-state index in [-0.39, 0.29) is 0 Å². The van der Waals surface area contributed by atoms with Crippen LogP contribution >= 0.6 is 0 Å². The lowest BCUT2D eigenvalue weighted by Gasteiger charge is -2.20. The predicted molar refractivity (Wildman–Crippen MR) is 241 cm³/mol. The van der Waals surface area contributed by atoms with Gasteiger partial charge in [0.15, 0.2) is 17.5 Å². The van der Waals surface area contributed by atoms with Crippen LogP contribution in [0.15, 0.2) is 150 Å². The van der Waals surface area contributed by atoms with Gasteiger partial charge in [-0.1, -0.05) is 138 Å². The van der Waals surface area contributed by atoms with Crippen molar-refractivity contribution in [3.05, 3.63) is 146 Å². The molecule has 2 aromatic heterocycles. The van der Waals surface area contributed by atoms with E-state index >= 15 is 0 Å². The SMILES string of the molecule is Bc1c(B)c(B)c(-c2ccc(-c3ccc(-c4ccc5oc6cccc(-c7nc(-c8ccccc8)nc(-c8ccccc8)n7)c6c5c4)cc3)cc2)c(B)c1B. The smallest absolute Gasteiger partial charge is 0.164 e. The van der Waals surface area contributed by atoms with Crippen molar-refractivity contribution >= 4 is 88.5 Å². The molecule has 0 aliphatic rings. The second kappa shape index (κ2) is 13.6. The molecule has 9 aromatic rings. The van der Waals surface area contributed by atoms with Crippen molar-refractivity contribution in [1.29, 1.82) is 0 Å². The molecule has 0 aliphatic carbocycles. The Kier molecular flexibility index (Phi) is 8.43. The molecule has 250 valence electrons. The third-order valence-electron chi connectivity index (χ3n) is 11.2. The first-order chi connectivity index (χ1) is 26.3. The van der Waals surface area contributed by atoms with E-state index in [1.807, 2.05) is 72.8 Å². The average molecular weight is 687 g/mol. The van der Waals surface area contributed by atoms with E-state index in [2.05, 4.69) is 112 Å². The molecule has 9 rings (SSSR count).